The van der Waals surface area contributed by atoms with Gasteiger partial charge in [0.25, 0.3) is 5.91 Å². The van der Waals surface area contributed by atoms with Crippen LogP contribution in [0.3, 0.4) is 0 Å². The summed E-state index contributed by atoms with van der Waals surface area (Å²) < 4.78 is 6.18. The molecule has 134 valence electrons. The molecule has 0 bridgehead atoms. The Hall–Kier alpha value is -2.87. The Balaban J connectivity index is 1.30. The molecule has 2 amide bonds. The first-order valence-electron chi connectivity index (χ1n) is 8.41. The minimum atomic E-state index is -0.378. The van der Waals surface area contributed by atoms with Crippen molar-refractivity contribution in [1.29, 1.82) is 0 Å². The van der Waals surface area contributed by atoms with Gasteiger partial charge in [0.2, 0.25) is 5.91 Å². The summed E-state index contributed by atoms with van der Waals surface area (Å²) in [6.45, 7) is 2.67. The summed E-state index contributed by atoms with van der Waals surface area (Å²) in [6, 6.07) is 11.3. The number of nitrogens with one attached hydrogen (secondary N) is 1. The molecule has 0 atom stereocenters. The Kier molecular flexibility index (Phi) is 4.57. The quantitative estimate of drug-likeness (QED) is 0.760. The Labute approximate surface area is 154 Å². The molecule has 0 radical (unpaired) electrons. The monoisotopic (exact) mass is 370 g/mol. The molecule has 1 saturated heterocycles. The van der Waals surface area contributed by atoms with Gasteiger partial charge in [-0.25, -0.2) is 4.98 Å². The van der Waals surface area contributed by atoms with Crippen LogP contribution in [0.25, 0.3) is 10.2 Å². The van der Waals surface area contributed by atoms with Gasteiger partial charge in [0.1, 0.15) is 0 Å². The summed E-state index contributed by atoms with van der Waals surface area (Å²) in [4.78, 5) is 32.8. The van der Waals surface area contributed by atoms with Crippen molar-refractivity contribution in [2.75, 3.05) is 37.6 Å². The van der Waals surface area contributed by atoms with Gasteiger partial charge in [-0.1, -0.05) is 23.5 Å². The molecular formula is C18H18N4O3S. The fourth-order valence-corrected chi connectivity index (χ4v) is 3.92. The number of aromatic nitrogens is 1. The molecule has 0 saturated carbocycles. The van der Waals surface area contributed by atoms with Gasteiger partial charge in [-0.2, -0.15) is 0 Å². The number of thiazole rings is 1. The number of rotatable bonds is 4. The normalized spacial score (nSPS) is 14.6. The SMILES string of the molecule is O=C(NCC(=O)N1CCN(c2nc3ccccc3s2)CC1)c1ccco1. The Morgan fingerprint density at radius 1 is 1.12 bits per heavy atom. The maximum atomic E-state index is 12.3. The number of piperazine rings is 1. The third kappa shape index (κ3) is 3.41. The predicted octanol–water partition coefficient (Wildman–Crippen LogP) is 1.97. The highest BCUT2D eigenvalue weighted by molar-refractivity contribution is 7.22. The number of amides is 2. The van der Waals surface area contributed by atoms with E-state index < -0.39 is 0 Å². The predicted molar refractivity (Wildman–Crippen MR) is 99.5 cm³/mol. The van der Waals surface area contributed by atoms with E-state index in [9.17, 15) is 9.59 Å². The minimum absolute atomic E-state index is 0.0271. The van der Waals surface area contributed by atoms with Gasteiger partial charge in [0.05, 0.1) is 23.0 Å². The smallest absolute Gasteiger partial charge is 0.287 e. The van der Waals surface area contributed by atoms with Gasteiger partial charge >= 0.3 is 0 Å². The van der Waals surface area contributed by atoms with Crippen molar-refractivity contribution in [3.8, 4) is 0 Å². The molecule has 0 aliphatic carbocycles. The molecule has 7 nitrogen and oxygen atoms in total. The number of fused-ring (bicyclic) bond motifs is 1. The van der Waals surface area contributed by atoms with Crippen LogP contribution in [-0.2, 0) is 4.79 Å². The second kappa shape index (κ2) is 7.17. The second-order valence-corrected chi connectivity index (χ2v) is 7.00. The molecule has 4 rings (SSSR count). The highest BCUT2D eigenvalue weighted by atomic mass is 32.1. The maximum absolute atomic E-state index is 12.3. The van der Waals surface area contributed by atoms with E-state index in [1.54, 1.807) is 28.4 Å². The number of nitrogens with zero attached hydrogens (tertiary/aromatic N) is 3. The van der Waals surface area contributed by atoms with E-state index >= 15 is 0 Å². The zero-order chi connectivity index (χ0) is 17.9. The van der Waals surface area contributed by atoms with E-state index in [0.717, 1.165) is 23.7 Å². The summed E-state index contributed by atoms with van der Waals surface area (Å²) in [5.41, 5.74) is 1.01. The summed E-state index contributed by atoms with van der Waals surface area (Å²) >= 11 is 1.67. The van der Waals surface area contributed by atoms with E-state index in [-0.39, 0.29) is 24.1 Å². The van der Waals surface area contributed by atoms with E-state index in [1.807, 2.05) is 18.2 Å². The number of benzene rings is 1. The third-order valence-electron chi connectivity index (χ3n) is 4.33. The van der Waals surface area contributed by atoms with Crippen molar-refractivity contribution in [1.82, 2.24) is 15.2 Å². The zero-order valence-electron chi connectivity index (χ0n) is 14.1. The summed E-state index contributed by atoms with van der Waals surface area (Å²) in [7, 11) is 0. The lowest BCUT2D eigenvalue weighted by Crippen LogP contribution is -2.51. The first-order chi connectivity index (χ1) is 12.7. The van der Waals surface area contributed by atoms with E-state index in [0.29, 0.717) is 13.1 Å². The number of carbonyl (C=O) groups excluding carboxylic acids is 2. The molecule has 26 heavy (non-hydrogen) atoms. The Bertz CT molecular complexity index is 881. The van der Waals surface area contributed by atoms with Crippen LogP contribution in [0, 0.1) is 0 Å². The van der Waals surface area contributed by atoms with E-state index in [2.05, 4.69) is 21.3 Å². The highest BCUT2D eigenvalue weighted by Crippen LogP contribution is 2.29. The van der Waals surface area contributed by atoms with Crippen LogP contribution in [0.4, 0.5) is 5.13 Å². The fourth-order valence-electron chi connectivity index (χ4n) is 2.91. The van der Waals surface area contributed by atoms with Crippen molar-refractivity contribution in [3.05, 3.63) is 48.4 Å². The second-order valence-electron chi connectivity index (χ2n) is 5.99. The van der Waals surface area contributed by atoms with Gasteiger partial charge in [-0.05, 0) is 24.3 Å². The van der Waals surface area contributed by atoms with Crippen LogP contribution in [-0.4, -0.2) is 54.4 Å². The minimum Gasteiger partial charge on any atom is -0.459 e. The Morgan fingerprint density at radius 3 is 2.65 bits per heavy atom. The topological polar surface area (TPSA) is 78.7 Å². The molecule has 8 heteroatoms. The molecule has 0 unspecified atom stereocenters. The number of hydrogen-bond donors (Lipinski definition) is 1. The number of para-hydroxylation sites is 1. The van der Waals surface area contributed by atoms with Crippen LogP contribution in [0.5, 0.6) is 0 Å². The molecule has 1 aliphatic rings. The van der Waals surface area contributed by atoms with Crippen molar-refractivity contribution in [2.45, 2.75) is 0 Å². The molecular weight excluding hydrogens is 352 g/mol. The molecule has 1 aromatic carbocycles. The zero-order valence-corrected chi connectivity index (χ0v) is 14.9. The van der Waals surface area contributed by atoms with Crippen LogP contribution in [0.15, 0.2) is 47.1 Å². The first-order valence-corrected chi connectivity index (χ1v) is 9.22. The number of anilines is 1. The van der Waals surface area contributed by atoms with Crippen LogP contribution >= 0.6 is 11.3 Å². The van der Waals surface area contributed by atoms with Crippen molar-refractivity contribution >= 4 is 38.5 Å². The van der Waals surface area contributed by atoms with Gasteiger partial charge in [0, 0.05) is 26.2 Å². The highest BCUT2D eigenvalue weighted by Gasteiger charge is 2.23. The standard InChI is InChI=1S/C18H18N4O3S/c23-16(12-19-17(24)14-5-3-11-25-14)21-7-9-22(10-8-21)18-20-13-4-1-2-6-15(13)26-18/h1-6,11H,7-10,12H2,(H,19,24). The third-order valence-corrected chi connectivity index (χ3v) is 5.43. The summed E-state index contributed by atoms with van der Waals surface area (Å²) in [5, 5.41) is 3.59. The van der Waals surface area contributed by atoms with E-state index in [4.69, 9.17) is 4.42 Å². The van der Waals surface area contributed by atoms with Gasteiger partial charge < -0.3 is 19.5 Å². The number of carbonyl (C=O) groups is 2. The Morgan fingerprint density at radius 2 is 1.92 bits per heavy atom. The van der Waals surface area contributed by atoms with Gasteiger partial charge in [0.15, 0.2) is 10.9 Å². The fraction of sp³-hybridized carbons (Fsp3) is 0.278. The molecule has 1 fully saturated rings. The molecule has 0 spiro atoms. The van der Waals surface area contributed by atoms with Crippen LogP contribution in [0.1, 0.15) is 10.6 Å². The average molecular weight is 370 g/mol. The van der Waals surface area contributed by atoms with Crippen LogP contribution < -0.4 is 10.2 Å². The lowest BCUT2D eigenvalue weighted by molar-refractivity contribution is -0.130. The molecule has 3 aromatic rings. The van der Waals surface area contributed by atoms with Crippen LogP contribution in [0.2, 0.25) is 0 Å². The van der Waals surface area contributed by atoms with Crippen molar-refractivity contribution in [2.24, 2.45) is 0 Å². The molecule has 3 heterocycles. The largest absolute Gasteiger partial charge is 0.459 e. The number of furan rings is 1. The van der Waals surface area contributed by atoms with Crippen molar-refractivity contribution in [3.63, 3.8) is 0 Å². The lowest BCUT2D eigenvalue weighted by atomic mass is 10.3. The first kappa shape index (κ1) is 16.6. The number of hydrogen-bond acceptors (Lipinski definition) is 6. The molecule has 1 aliphatic heterocycles. The van der Waals surface area contributed by atoms with E-state index in [1.165, 1.54) is 11.0 Å². The molecule has 2 aromatic heterocycles. The lowest BCUT2D eigenvalue weighted by Gasteiger charge is -2.34. The van der Waals surface area contributed by atoms with Crippen molar-refractivity contribution < 1.29 is 14.0 Å². The summed E-state index contributed by atoms with van der Waals surface area (Å²) in [6.07, 6.45) is 1.43. The summed E-state index contributed by atoms with van der Waals surface area (Å²) in [5.74, 6) is -0.260. The average Bonchev–Trinajstić information content (AvgIpc) is 3.35. The van der Waals surface area contributed by atoms with Gasteiger partial charge in [-0.3, -0.25) is 9.59 Å². The maximum Gasteiger partial charge on any atom is 0.287 e. The van der Waals surface area contributed by atoms with Gasteiger partial charge in [-0.15, -0.1) is 0 Å². The molecule has 1 N–H and O–H groups in total.